The summed E-state index contributed by atoms with van der Waals surface area (Å²) in [7, 11) is 0. The van der Waals surface area contributed by atoms with Crippen molar-refractivity contribution in [3.8, 4) is 11.5 Å². The Morgan fingerprint density at radius 2 is 2.20 bits per heavy atom. The molecule has 1 N–H and O–H groups in total. The van der Waals surface area contributed by atoms with Crippen molar-refractivity contribution in [1.82, 2.24) is 24.7 Å². The summed E-state index contributed by atoms with van der Waals surface area (Å²) in [6.45, 7) is 4.11. The van der Waals surface area contributed by atoms with Gasteiger partial charge in [0.05, 0.1) is 6.04 Å². The second-order valence-electron chi connectivity index (χ2n) is 4.42. The first-order valence-electron chi connectivity index (χ1n) is 6.17. The highest BCUT2D eigenvalue weighted by Crippen LogP contribution is 2.27. The first-order valence-corrected chi connectivity index (χ1v) is 7.40. The molecule has 0 saturated carbocycles. The standard InChI is InChI=1S/C13H13N5S2/c1-8-7-15-12(20-8)9(2)18-11(16-17-13(18)19)10-5-3-4-6-14-10/h3-7,9H,1-2H3,(H,17,19). The molecule has 3 aromatic heterocycles. The fraction of sp³-hybridized carbons (Fsp3) is 0.231. The van der Waals surface area contributed by atoms with Gasteiger partial charge in [0.15, 0.2) is 10.6 Å². The molecular formula is C13H13N5S2. The van der Waals surface area contributed by atoms with Crippen LogP contribution in [0, 0.1) is 11.7 Å². The van der Waals surface area contributed by atoms with Crippen LogP contribution in [0.5, 0.6) is 0 Å². The number of aromatic nitrogens is 5. The van der Waals surface area contributed by atoms with Crippen molar-refractivity contribution < 1.29 is 0 Å². The van der Waals surface area contributed by atoms with E-state index in [1.807, 2.05) is 35.9 Å². The van der Waals surface area contributed by atoms with Gasteiger partial charge in [-0.25, -0.2) is 4.98 Å². The second kappa shape index (κ2) is 5.26. The molecule has 5 nitrogen and oxygen atoms in total. The Kier molecular flexibility index (Phi) is 3.45. The zero-order chi connectivity index (χ0) is 14.1. The maximum absolute atomic E-state index is 5.35. The number of aromatic amines is 1. The summed E-state index contributed by atoms with van der Waals surface area (Å²) >= 11 is 7.02. The van der Waals surface area contributed by atoms with Crippen molar-refractivity contribution in [3.05, 3.63) is 45.2 Å². The lowest BCUT2D eigenvalue weighted by Gasteiger charge is -2.12. The topological polar surface area (TPSA) is 59.4 Å². The van der Waals surface area contributed by atoms with Crippen LogP contribution in [0.3, 0.4) is 0 Å². The lowest BCUT2D eigenvalue weighted by atomic mass is 10.3. The molecule has 1 unspecified atom stereocenters. The Bertz CT molecular complexity index is 771. The fourth-order valence-corrected chi connectivity index (χ4v) is 3.12. The number of aryl methyl sites for hydroxylation is 1. The van der Waals surface area contributed by atoms with Gasteiger partial charge in [0.25, 0.3) is 0 Å². The lowest BCUT2D eigenvalue weighted by Crippen LogP contribution is -2.09. The first-order chi connectivity index (χ1) is 9.66. The normalized spacial score (nSPS) is 12.5. The fourth-order valence-electron chi connectivity index (χ4n) is 2.02. The predicted octanol–water partition coefficient (Wildman–Crippen LogP) is 3.38. The lowest BCUT2D eigenvalue weighted by molar-refractivity contribution is 0.630. The van der Waals surface area contributed by atoms with Crippen LogP contribution in [0.15, 0.2) is 30.6 Å². The van der Waals surface area contributed by atoms with E-state index in [0.717, 1.165) is 16.5 Å². The Morgan fingerprint density at radius 3 is 2.85 bits per heavy atom. The predicted molar refractivity (Wildman–Crippen MR) is 81.3 cm³/mol. The minimum Gasteiger partial charge on any atom is -0.289 e. The number of hydrogen-bond acceptors (Lipinski definition) is 5. The third-order valence-corrected chi connectivity index (χ3v) is 4.35. The van der Waals surface area contributed by atoms with E-state index in [-0.39, 0.29) is 6.04 Å². The highest BCUT2D eigenvalue weighted by molar-refractivity contribution is 7.71. The van der Waals surface area contributed by atoms with Crippen LogP contribution in [0.25, 0.3) is 11.5 Å². The van der Waals surface area contributed by atoms with E-state index in [9.17, 15) is 0 Å². The summed E-state index contributed by atoms with van der Waals surface area (Å²) in [6.07, 6.45) is 3.62. The van der Waals surface area contributed by atoms with Crippen molar-refractivity contribution >= 4 is 23.6 Å². The summed E-state index contributed by atoms with van der Waals surface area (Å²) in [5, 5.41) is 8.16. The van der Waals surface area contributed by atoms with Gasteiger partial charge >= 0.3 is 0 Å². The van der Waals surface area contributed by atoms with Crippen LogP contribution in [0.4, 0.5) is 0 Å². The largest absolute Gasteiger partial charge is 0.289 e. The molecule has 0 amide bonds. The molecule has 0 bridgehead atoms. The van der Waals surface area contributed by atoms with E-state index in [2.05, 4.69) is 27.1 Å². The third-order valence-electron chi connectivity index (χ3n) is 2.98. The maximum Gasteiger partial charge on any atom is 0.196 e. The number of H-pyrrole nitrogens is 1. The molecule has 0 spiro atoms. The molecule has 3 aromatic rings. The van der Waals surface area contributed by atoms with E-state index in [1.165, 1.54) is 4.88 Å². The van der Waals surface area contributed by atoms with Gasteiger partial charge in [-0.2, -0.15) is 5.10 Å². The molecule has 0 aliphatic carbocycles. The summed E-state index contributed by atoms with van der Waals surface area (Å²) in [6, 6.07) is 5.75. The molecule has 3 rings (SSSR count). The van der Waals surface area contributed by atoms with Crippen molar-refractivity contribution in [2.24, 2.45) is 0 Å². The zero-order valence-corrected chi connectivity index (χ0v) is 12.7. The molecule has 0 aromatic carbocycles. The van der Waals surface area contributed by atoms with Gasteiger partial charge in [0.1, 0.15) is 10.7 Å². The van der Waals surface area contributed by atoms with Crippen LogP contribution < -0.4 is 0 Å². The Labute approximate surface area is 125 Å². The van der Waals surface area contributed by atoms with Gasteiger partial charge in [-0.1, -0.05) is 6.07 Å². The van der Waals surface area contributed by atoms with Crippen molar-refractivity contribution in [3.63, 3.8) is 0 Å². The molecule has 102 valence electrons. The minimum atomic E-state index is 0.0250. The van der Waals surface area contributed by atoms with Gasteiger partial charge in [0, 0.05) is 17.3 Å². The summed E-state index contributed by atoms with van der Waals surface area (Å²) in [5.41, 5.74) is 0.792. The molecule has 1 atom stereocenters. The highest BCUT2D eigenvalue weighted by atomic mass is 32.1. The summed E-state index contributed by atoms with van der Waals surface area (Å²) in [4.78, 5) is 9.96. The van der Waals surface area contributed by atoms with E-state index < -0.39 is 0 Å². The van der Waals surface area contributed by atoms with Crippen molar-refractivity contribution in [2.45, 2.75) is 19.9 Å². The van der Waals surface area contributed by atoms with Crippen molar-refractivity contribution in [2.75, 3.05) is 0 Å². The van der Waals surface area contributed by atoms with Crippen LogP contribution in [-0.2, 0) is 0 Å². The number of pyridine rings is 1. The summed E-state index contributed by atoms with van der Waals surface area (Å²) in [5.74, 6) is 0.732. The number of rotatable bonds is 3. The van der Waals surface area contributed by atoms with E-state index in [1.54, 1.807) is 17.5 Å². The van der Waals surface area contributed by atoms with E-state index in [0.29, 0.717) is 4.77 Å². The van der Waals surface area contributed by atoms with Gasteiger partial charge < -0.3 is 0 Å². The SMILES string of the molecule is Cc1cnc(C(C)n2c(-c3ccccn3)n[nH]c2=S)s1. The zero-order valence-electron chi connectivity index (χ0n) is 11.1. The third kappa shape index (κ3) is 2.30. The van der Waals surface area contributed by atoms with Gasteiger partial charge in [-0.3, -0.25) is 14.6 Å². The average molecular weight is 303 g/mol. The molecular weight excluding hydrogens is 290 g/mol. The van der Waals surface area contributed by atoms with Crippen molar-refractivity contribution in [1.29, 1.82) is 0 Å². The van der Waals surface area contributed by atoms with E-state index >= 15 is 0 Å². The monoisotopic (exact) mass is 303 g/mol. The Hall–Kier alpha value is -1.86. The highest BCUT2D eigenvalue weighted by Gasteiger charge is 2.18. The average Bonchev–Trinajstić information content (AvgIpc) is 3.05. The molecule has 0 fully saturated rings. The molecule has 7 heteroatoms. The maximum atomic E-state index is 5.35. The first kappa shape index (κ1) is 13.1. The molecule has 0 saturated heterocycles. The molecule has 0 aliphatic heterocycles. The van der Waals surface area contributed by atoms with Gasteiger partial charge in [0.2, 0.25) is 0 Å². The van der Waals surface area contributed by atoms with Gasteiger partial charge in [-0.05, 0) is 38.2 Å². The summed E-state index contributed by atoms with van der Waals surface area (Å²) < 4.78 is 2.53. The molecule has 20 heavy (non-hydrogen) atoms. The number of nitrogens with zero attached hydrogens (tertiary/aromatic N) is 4. The molecule has 0 radical (unpaired) electrons. The number of nitrogens with one attached hydrogen (secondary N) is 1. The molecule has 3 heterocycles. The Morgan fingerprint density at radius 1 is 1.35 bits per heavy atom. The Balaban J connectivity index is 2.10. The van der Waals surface area contributed by atoms with Crippen LogP contribution in [-0.4, -0.2) is 24.7 Å². The quantitative estimate of drug-likeness (QED) is 0.754. The van der Waals surface area contributed by atoms with Gasteiger partial charge in [-0.15, -0.1) is 11.3 Å². The van der Waals surface area contributed by atoms with Crippen LogP contribution >= 0.6 is 23.6 Å². The second-order valence-corrected chi connectivity index (χ2v) is 6.08. The number of thiazole rings is 1. The van der Waals surface area contributed by atoms with E-state index in [4.69, 9.17) is 12.2 Å². The van der Waals surface area contributed by atoms with Crippen LogP contribution in [0.2, 0.25) is 0 Å². The smallest absolute Gasteiger partial charge is 0.196 e. The minimum absolute atomic E-state index is 0.0250. The number of hydrogen-bond donors (Lipinski definition) is 1. The molecule has 0 aliphatic rings. The van der Waals surface area contributed by atoms with Crippen LogP contribution in [0.1, 0.15) is 22.9 Å².